The topological polar surface area (TPSA) is 49.3 Å². The first-order valence-corrected chi connectivity index (χ1v) is 4.77. The number of carbonyl (C=O) groups excluding carboxylic acids is 1. The van der Waals surface area contributed by atoms with Crippen molar-refractivity contribution in [3.8, 4) is 5.75 Å². The molecule has 0 unspecified atom stereocenters. The van der Waals surface area contributed by atoms with Gasteiger partial charge in [-0.05, 0) is 31.9 Å². The zero-order valence-electron chi connectivity index (χ0n) is 8.08. The van der Waals surface area contributed by atoms with Crippen molar-refractivity contribution in [1.29, 1.82) is 0 Å². The quantitative estimate of drug-likeness (QED) is 0.745. The van der Waals surface area contributed by atoms with E-state index in [-0.39, 0.29) is 11.7 Å². The predicted octanol–water partition coefficient (Wildman–Crippen LogP) is 1.59. The van der Waals surface area contributed by atoms with Crippen LogP contribution in [0.4, 0.5) is 0 Å². The van der Waals surface area contributed by atoms with Crippen LogP contribution in [0.2, 0.25) is 0 Å². The standard InChI is InChI=1S/C11H13NO2/c1-7-2-5-10(13)9(6-7)11(14)12-8-3-4-8/h2,5-6,8,13H,3-4H2,1H3,(H,12,14). The van der Waals surface area contributed by atoms with Crippen LogP contribution < -0.4 is 5.32 Å². The maximum absolute atomic E-state index is 11.6. The molecule has 2 rings (SSSR count). The summed E-state index contributed by atoms with van der Waals surface area (Å²) in [5, 5.41) is 12.3. The van der Waals surface area contributed by atoms with Crippen LogP contribution in [0.1, 0.15) is 28.8 Å². The summed E-state index contributed by atoms with van der Waals surface area (Å²) in [6.07, 6.45) is 2.11. The van der Waals surface area contributed by atoms with E-state index in [9.17, 15) is 9.90 Å². The second kappa shape index (κ2) is 3.33. The Morgan fingerprint density at radius 3 is 2.86 bits per heavy atom. The molecular weight excluding hydrogens is 178 g/mol. The smallest absolute Gasteiger partial charge is 0.255 e. The molecule has 2 N–H and O–H groups in total. The summed E-state index contributed by atoms with van der Waals surface area (Å²) in [4.78, 5) is 11.6. The molecule has 0 radical (unpaired) electrons. The third-order valence-electron chi connectivity index (χ3n) is 2.31. The van der Waals surface area contributed by atoms with Crippen molar-refractivity contribution in [2.75, 3.05) is 0 Å². The van der Waals surface area contributed by atoms with Crippen molar-refractivity contribution in [2.24, 2.45) is 0 Å². The highest BCUT2D eigenvalue weighted by molar-refractivity contribution is 5.97. The van der Waals surface area contributed by atoms with Crippen molar-refractivity contribution in [3.63, 3.8) is 0 Å². The first kappa shape index (κ1) is 9.06. The summed E-state index contributed by atoms with van der Waals surface area (Å²) in [6, 6.07) is 5.36. The van der Waals surface area contributed by atoms with Crippen LogP contribution in [0.5, 0.6) is 5.75 Å². The van der Waals surface area contributed by atoms with Gasteiger partial charge in [-0.1, -0.05) is 11.6 Å². The molecule has 0 atom stereocenters. The summed E-state index contributed by atoms with van der Waals surface area (Å²) in [5.41, 5.74) is 1.35. The Hall–Kier alpha value is -1.51. The zero-order chi connectivity index (χ0) is 10.1. The lowest BCUT2D eigenvalue weighted by Gasteiger charge is -2.06. The molecule has 0 aromatic heterocycles. The minimum Gasteiger partial charge on any atom is -0.507 e. The first-order chi connectivity index (χ1) is 6.66. The van der Waals surface area contributed by atoms with E-state index in [1.165, 1.54) is 0 Å². The monoisotopic (exact) mass is 191 g/mol. The fourth-order valence-electron chi connectivity index (χ4n) is 1.32. The second-order valence-electron chi connectivity index (χ2n) is 3.77. The lowest BCUT2D eigenvalue weighted by Crippen LogP contribution is -2.25. The van der Waals surface area contributed by atoms with Gasteiger partial charge >= 0.3 is 0 Å². The van der Waals surface area contributed by atoms with E-state index in [2.05, 4.69) is 5.32 Å². The molecule has 0 saturated heterocycles. The molecule has 3 heteroatoms. The van der Waals surface area contributed by atoms with Gasteiger partial charge in [0, 0.05) is 6.04 Å². The van der Waals surface area contributed by atoms with Crippen LogP contribution in [0.3, 0.4) is 0 Å². The highest BCUT2D eigenvalue weighted by atomic mass is 16.3. The Morgan fingerprint density at radius 2 is 2.21 bits per heavy atom. The Bertz CT molecular complexity index is 370. The van der Waals surface area contributed by atoms with E-state index < -0.39 is 0 Å². The normalized spacial score (nSPS) is 15.2. The minimum absolute atomic E-state index is 0.0498. The highest BCUT2D eigenvalue weighted by Gasteiger charge is 2.24. The zero-order valence-corrected chi connectivity index (χ0v) is 8.08. The lowest BCUT2D eigenvalue weighted by molar-refractivity contribution is 0.0948. The van der Waals surface area contributed by atoms with E-state index >= 15 is 0 Å². The predicted molar refractivity (Wildman–Crippen MR) is 53.3 cm³/mol. The number of benzene rings is 1. The SMILES string of the molecule is Cc1ccc(O)c(C(=O)NC2CC2)c1. The first-order valence-electron chi connectivity index (χ1n) is 4.77. The summed E-state index contributed by atoms with van der Waals surface area (Å²) < 4.78 is 0. The van der Waals surface area contributed by atoms with Gasteiger partial charge in [-0.3, -0.25) is 4.79 Å². The van der Waals surface area contributed by atoms with Crippen LogP contribution in [0.25, 0.3) is 0 Å². The molecule has 0 spiro atoms. The number of carbonyl (C=O) groups is 1. The third-order valence-corrected chi connectivity index (χ3v) is 2.31. The fraction of sp³-hybridized carbons (Fsp3) is 0.364. The summed E-state index contributed by atoms with van der Waals surface area (Å²) in [5.74, 6) is -0.123. The number of hydrogen-bond acceptors (Lipinski definition) is 2. The number of amides is 1. The summed E-state index contributed by atoms with van der Waals surface area (Å²) >= 11 is 0. The molecule has 1 aromatic rings. The van der Waals surface area contributed by atoms with Gasteiger partial charge in [0.05, 0.1) is 5.56 Å². The summed E-state index contributed by atoms with van der Waals surface area (Å²) in [7, 11) is 0. The van der Waals surface area contributed by atoms with Gasteiger partial charge in [0.1, 0.15) is 5.75 Å². The molecule has 1 amide bonds. The van der Waals surface area contributed by atoms with E-state index in [0.717, 1.165) is 18.4 Å². The average molecular weight is 191 g/mol. The number of hydrogen-bond donors (Lipinski definition) is 2. The van der Waals surface area contributed by atoms with Gasteiger partial charge in [0.15, 0.2) is 0 Å². The number of phenolic OH excluding ortho intramolecular Hbond substituents is 1. The van der Waals surface area contributed by atoms with Gasteiger partial charge in [-0.2, -0.15) is 0 Å². The number of nitrogens with one attached hydrogen (secondary N) is 1. The second-order valence-corrected chi connectivity index (χ2v) is 3.77. The van der Waals surface area contributed by atoms with Gasteiger partial charge in [0.2, 0.25) is 0 Å². The van der Waals surface area contributed by atoms with Crippen LogP contribution in [0, 0.1) is 6.92 Å². The van der Waals surface area contributed by atoms with Crippen LogP contribution in [0.15, 0.2) is 18.2 Å². The van der Waals surface area contributed by atoms with Crippen LogP contribution in [-0.4, -0.2) is 17.1 Å². The number of aromatic hydroxyl groups is 1. The molecule has 74 valence electrons. The number of rotatable bonds is 2. The Kier molecular flexibility index (Phi) is 2.15. The number of aryl methyl sites for hydroxylation is 1. The van der Waals surface area contributed by atoms with E-state index in [0.29, 0.717) is 11.6 Å². The molecule has 3 nitrogen and oxygen atoms in total. The van der Waals surface area contributed by atoms with E-state index in [1.807, 2.05) is 6.92 Å². The maximum Gasteiger partial charge on any atom is 0.255 e. The van der Waals surface area contributed by atoms with Gasteiger partial charge in [-0.25, -0.2) is 0 Å². The fourth-order valence-corrected chi connectivity index (χ4v) is 1.32. The maximum atomic E-state index is 11.6. The summed E-state index contributed by atoms with van der Waals surface area (Å²) in [6.45, 7) is 1.90. The lowest BCUT2D eigenvalue weighted by atomic mass is 10.1. The Morgan fingerprint density at radius 1 is 1.50 bits per heavy atom. The Labute approximate surface area is 82.8 Å². The van der Waals surface area contributed by atoms with E-state index in [4.69, 9.17) is 0 Å². The molecule has 1 aliphatic carbocycles. The van der Waals surface area contributed by atoms with Crippen molar-refractivity contribution in [2.45, 2.75) is 25.8 Å². The van der Waals surface area contributed by atoms with Crippen molar-refractivity contribution >= 4 is 5.91 Å². The Balaban J connectivity index is 2.20. The molecule has 1 aromatic carbocycles. The molecule has 14 heavy (non-hydrogen) atoms. The van der Waals surface area contributed by atoms with Crippen molar-refractivity contribution in [1.82, 2.24) is 5.32 Å². The molecule has 0 bridgehead atoms. The molecule has 0 aliphatic heterocycles. The van der Waals surface area contributed by atoms with Crippen LogP contribution in [-0.2, 0) is 0 Å². The largest absolute Gasteiger partial charge is 0.507 e. The molecule has 0 heterocycles. The molecule has 1 fully saturated rings. The number of phenols is 1. The van der Waals surface area contributed by atoms with Crippen molar-refractivity contribution in [3.05, 3.63) is 29.3 Å². The van der Waals surface area contributed by atoms with Crippen LogP contribution >= 0.6 is 0 Å². The molecule has 1 aliphatic rings. The molecular formula is C11H13NO2. The molecule has 1 saturated carbocycles. The van der Waals surface area contributed by atoms with Crippen molar-refractivity contribution < 1.29 is 9.90 Å². The highest BCUT2D eigenvalue weighted by Crippen LogP contribution is 2.22. The minimum atomic E-state index is -0.172. The van der Waals surface area contributed by atoms with E-state index in [1.54, 1.807) is 18.2 Å². The third kappa shape index (κ3) is 1.87. The average Bonchev–Trinajstić information content (AvgIpc) is 2.93. The van der Waals surface area contributed by atoms with Gasteiger partial charge < -0.3 is 10.4 Å². The van der Waals surface area contributed by atoms with Gasteiger partial charge in [-0.15, -0.1) is 0 Å². The van der Waals surface area contributed by atoms with Gasteiger partial charge in [0.25, 0.3) is 5.91 Å².